The van der Waals surface area contributed by atoms with Crippen molar-refractivity contribution in [3.63, 3.8) is 0 Å². The summed E-state index contributed by atoms with van der Waals surface area (Å²) in [6.45, 7) is 4.69. The molecule has 1 aromatic carbocycles. The molecule has 116 valence electrons. The number of nitrogen functional groups attached to an aromatic ring is 1. The van der Waals surface area contributed by atoms with Crippen LogP contribution < -0.4 is 21.1 Å². The minimum atomic E-state index is 0.0914. The summed E-state index contributed by atoms with van der Waals surface area (Å²) >= 11 is 0. The van der Waals surface area contributed by atoms with Crippen LogP contribution in [0.4, 0.5) is 11.4 Å². The number of nitrogens with one attached hydrogen (secondary N) is 2. The normalized spacial score (nSPS) is 14.0. The molecule has 5 nitrogen and oxygen atoms in total. The number of hydrogen-bond acceptors (Lipinski definition) is 4. The fourth-order valence-corrected chi connectivity index (χ4v) is 2.01. The quantitative estimate of drug-likeness (QED) is 0.508. The minimum Gasteiger partial charge on any atom is -0.489 e. The summed E-state index contributed by atoms with van der Waals surface area (Å²) in [7, 11) is 0. The molecule has 0 heterocycles. The number of carbonyl (C=O) groups is 1. The lowest BCUT2D eigenvalue weighted by Gasteiger charge is -2.14. The van der Waals surface area contributed by atoms with Crippen LogP contribution in [0.3, 0.4) is 0 Å². The summed E-state index contributed by atoms with van der Waals surface area (Å²) in [5.41, 5.74) is 7.48. The van der Waals surface area contributed by atoms with Crippen molar-refractivity contribution in [3.8, 4) is 5.75 Å². The van der Waals surface area contributed by atoms with Crippen LogP contribution in [-0.4, -0.2) is 24.6 Å². The molecule has 2 rings (SSSR count). The summed E-state index contributed by atoms with van der Waals surface area (Å²) in [6.07, 6.45) is 3.73. The van der Waals surface area contributed by atoms with E-state index in [4.69, 9.17) is 10.5 Å². The highest BCUT2D eigenvalue weighted by molar-refractivity contribution is 5.76. The Bertz CT molecular complexity index is 484. The average Bonchev–Trinajstić information content (AvgIpc) is 3.21. The van der Waals surface area contributed by atoms with E-state index in [-0.39, 0.29) is 12.0 Å². The maximum atomic E-state index is 11.5. The monoisotopic (exact) mass is 291 g/mol. The molecule has 1 saturated carbocycles. The molecule has 0 radical (unpaired) electrons. The van der Waals surface area contributed by atoms with Gasteiger partial charge in [0.05, 0.1) is 11.8 Å². The second kappa shape index (κ2) is 7.20. The lowest BCUT2D eigenvalue weighted by atomic mass is 10.2. The lowest BCUT2D eigenvalue weighted by molar-refractivity contribution is -0.121. The smallest absolute Gasteiger partial charge is 0.220 e. The third-order valence-electron chi connectivity index (χ3n) is 3.23. The molecule has 5 heteroatoms. The van der Waals surface area contributed by atoms with Gasteiger partial charge in [0.15, 0.2) is 0 Å². The molecule has 0 atom stereocenters. The van der Waals surface area contributed by atoms with E-state index >= 15 is 0 Å². The first-order chi connectivity index (χ1) is 10.0. The van der Waals surface area contributed by atoms with E-state index in [0.29, 0.717) is 23.9 Å². The molecule has 4 N–H and O–H groups in total. The standard InChI is InChI=1S/C16H25N3O2/c1-11(2)21-15-10-13(7-8-14(15)17)18-9-3-4-16(20)19-12-5-6-12/h7-8,10-12,18H,3-6,9,17H2,1-2H3,(H,19,20). The number of nitrogens with two attached hydrogens (primary N) is 1. The van der Waals surface area contributed by atoms with Gasteiger partial charge in [-0.1, -0.05) is 0 Å². The van der Waals surface area contributed by atoms with Gasteiger partial charge in [-0.3, -0.25) is 4.79 Å². The van der Waals surface area contributed by atoms with Crippen molar-refractivity contribution in [1.29, 1.82) is 0 Å². The lowest BCUT2D eigenvalue weighted by Crippen LogP contribution is -2.25. The predicted molar refractivity (Wildman–Crippen MR) is 85.5 cm³/mol. The van der Waals surface area contributed by atoms with Crippen LogP contribution in [0.25, 0.3) is 0 Å². The van der Waals surface area contributed by atoms with Crippen LogP contribution in [0.15, 0.2) is 18.2 Å². The topological polar surface area (TPSA) is 76.4 Å². The maximum absolute atomic E-state index is 11.5. The third-order valence-corrected chi connectivity index (χ3v) is 3.23. The number of rotatable bonds is 8. The zero-order chi connectivity index (χ0) is 15.2. The number of carbonyl (C=O) groups excluding carboxylic acids is 1. The highest BCUT2D eigenvalue weighted by Gasteiger charge is 2.22. The molecule has 0 spiro atoms. The molecule has 0 bridgehead atoms. The van der Waals surface area contributed by atoms with E-state index in [0.717, 1.165) is 31.5 Å². The Labute approximate surface area is 126 Å². The van der Waals surface area contributed by atoms with Gasteiger partial charge in [-0.15, -0.1) is 0 Å². The first-order valence-electron chi connectivity index (χ1n) is 7.64. The van der Waals surface area contributed by atoms with Crippen molar-refractivity contribution in [2.75, 3.05) is 17.6 Å². The van der Waals surface area contributed by atoms with Gasteiger partial charge in [0.25, 0.3) is 0 Å². The van der Waals surface area contributed by atoms with Crippen LogP contribution in [0.2, 0.25) is 0 Å². The second-order valence-corrected chi connectivity index (χ2v) is 5.79. The second-order valence-electron chi connectivity index (χ2n) is 5.79. The van der Waals surface area contributed by atoms with Crippen molar-refractivity contribution >= 4 is 17.3 Å². The van der Waals surface area contributed by atoms with Crippen LogP contribution in [-0.2, 0) is 4.79 Å². The number of hydrogen-bond donors (Lipinski definition) is 3. The van der Waals surface area contributed by atoms with Gasteiger partial charge in [-0.25, -0.2) is 0 Å². The zero-order valence-electron chi connectivity index (χ0n) is 12.8. The van der Waals surface area contributed by atoms with Gasteiger partial charge in [0.2, 0.25) is 5.91 Å². The van der Waals surface area contributed by atoms with Gasteiger partial charge in [0, 0.05) is 30.8 Å². The summed E-state index contributed by atoms with van der Waals surface area (Å²) in [4.78, 5) is 11.5. The Kier molecular flexibility index (Phi) is 5.31. The minimum absolute atomic E-state index is 0.0914. The highest BCUT2D eigenvalue weighted by atomic mass is 16.5. The molecule has 1 aliphatic carbocycles. The van der Waals surface area contributed by atoms with Crippen molar-refractivity contribution in [2.45, 2.75) is 51.7 Å². The Morgan fingerprint density at radius 1 is 1.43 bits per heavy atom. The first-order valence-corrected chi connectivity index (χ1v) is 7.64. The fraction of sp³-hybridized carbons (Fsp3) is 0.562. The van der Waals surface area contributed by atoms with Crippen molar-refractivity contribution in [3.05, 3.63) is 18.2 Å². The van der Waals surface area contributed by atoms with Crippen molar-refractivity contribution < 1.29 is 9.53 Å². The van der Waals surface area contributed by atoms with Crippen LogP contribution >= 0.6 is 0 Å². The van der Waals surface area contributed by atoms with E-state index in [2.05, 4.69) is 10.6 Å². The van der Waals surface area contributed by atoms with E-state index < -0.39 is 0 Å². The Morgan fingerprint density at radius 3 is 2.86 bits per heavy atom. The predicted octanol–water partition coefficient (Wildman–Crippen LogP) is 2.53. The van der Waals surface area contributed by atoms with E-state index in [1.807, 2.05) is 32.0 Å². The van der Waals surface area contributed by atoms with Gasteiger partial charge < -0.3 is 21.1 Å². The molecule has 1 aliphatic rings. The van der Waals surface area contributed by atoms with Crippen LogP contribution in [0, 0.1) is 0 Å². The number of anilines is 2. The Morgan fingerprint density at radius 2 is 2.19 bits per heavy atom. The van der Waals surface area contributed by atoms with E-state index in [1.54, 1.807) is 0 Å². The summed E-state index contributed by atoms with van der Waals surface area (Å²) in [5.74, 6) is 0.849. The molecule has 21 heavy (non-hydrogen) atoms. The number of amides is 1. The van der Waals surface area contributed by atoms with Gasteiger partial charge in [-0.2, -0.15) is 0 Å². The highest BCUT2D eigenvalue weighted by Crippen LogP contribution is 2.26. The summed E-state index contributed by atoms with van der Waals surface area (Å²) in [5, 5.41) is 6.28. The molecule has 1 amide bonds. The fourth-order valence-electron chi connectivity index (χ4n) is 2.01. The molecule has 1 fully saturated rings. The van der Waals surface area contributed by atoms with E-state index in [1.165, 1.54) is 0 Å². The van der Waals surface area contributed by atoms with Crippen LogP contribution in [0.5, 0.6) is 5.75 Å². The first kappa shape index (κ1) is 15.5. The van der Waals surface area contributed by atoms with Crippen molar-refractivity contribution in [2.24, 2.45) is 0 Å². The van der Waals surface area contributed by atoms with Crippen LogP contribution in [0.1, 0.15) is 39.5 Å². The molecule has 0 aromatic heterocycles. The molecular formula is C16H25N3O2. The molecule has 0 saturated heterocycles. The molecule has 0 aliphatic heterocycles. The molecular weight excluding hydrogens is 266 g/mol. The zero-order valence-corrected chi connectivity index (χ0v) is 12.8. The SMILES string of the molecule is CC(C)Oc1cc(NCCCC(=O)NC2CC2)ccc1N. The Balaban J connectivity index is 1.73. The van der Waals surface area contributed by atoms with Gasteiger partial charge in [0.1, 0.15) is 5.75 Å². The third kappa shape index (κ3) is 5.53. The number of benzene rings is 1. The van der Waals surface area contributed by atoms with E-state index in [9.17, 15) is 4.79 Å². The van der Waals surface area contributed by atoms with Crippen molar-refractivity contribution in [1.82, 2.24) is 5.32 Å². The Hall–Kier alpha value is -1.91. The summed E-state index contributed by atoms with van der Waals surface area (Å²) in [6, 6.07) is 6.10. The average molecular weight is 291 g/mol. The number of ether oxygens (including phenoxy) is 1. The summed E-state index contributed by atoms with van der Waals surface area (Å²) < 4.78 is 5.65. The molecule has 0 unspecified atom stereocenters. The molecule has 1 aromatic rings. The van der Waals surface area contributed by atoms with Gasteiger partial charge in [-0.05, 0) is 45.2 Å². The maximum Gasteiger partial charge on any atom is 0.220 e. The largest absolute Gasteiger partial charge is 0.489 e. The van der Waals surface area contributed by atoms with Gasteiger partial charge >= 0.3 is 0 Å².